The first-order valence-corrected chi connectivity index (χ1v) is 6.24. The summed E-state index contributed by atoms with van der Waals surface area (Å²) in [5.41, 5.74) is 0. The number of carboxylic acid groups (broad SMARTS) is 1. The highest BCUT2D eigenvalue weighted by Crippen LogP contribution is 2.13. The fourth-order valence-corrected chi connectivity index (χ4v) is 1.01. The molecule has 0 spiro atoms. The zero-order chi connectivity index (χ0) is 14.4. The number of ether oxygens (including phenoxy) is 1. The molecular formula is C12H23F3O3. The maximum Gasteiger partial charge on any atom is 0.490 e. The van der Waals surface area contributed by atoms with Crippen LogP contribution in [0.1, 0.15) is 52.4 Å². The van der Waals surface area contributed by atoms with Crippen LogP contribution in [0, 0.1) is 0 Å². The molecule has 1 aliphatic heterocycles. The van der Waals surface area contributed by atoms with Gasteiger partial charge in [-0.05, 0) is 12.8 Å². The standard InChI is InChI=1S/C6H14.C4H8O.C2HF3O2/c1-3-5-6-4-2;1-2-4-5-3-1;3-2(4,5)1(6)7/h3-6H2,1-2H3;1-4H2;(H,6,7). The number of halogens is 3. The van der Waals surface area contributed by atoms with Gasteiger partial charge in [0.1, 0.15) is 0 Å². The predicted molar refractivity (Wildman–Crippen MR) is 63.6 cm³/mol. The second-order valence-corrected chi connectivity index (χ2v) is 3.83. The number of carbonyl (C=O) groups is 1. The Bertz CT molecular complexity index is 178. The van der Waals surface area contributed by atoms with Crippen molar-refractivity contribution in [2.24, 2.45) is 0 Å². The second-order valence-electron chi connectivity index (χ2n) is 3.83. The average molecular weight is 272 g/mol. The molecule has 0 unspecified atom stereocenters. The van der Waals surface area contributed by atoms with Crippen LogP contribution in [0.4, 0.5) is 13.2 Å². The molecule has 1 heterocycles. The molecule has 6 heteroatoms. The Morgan fingerprint density at radius 3 is 1.56 bits per heavy atom. The van der Waals surface area contributed by atoms with E-state index in [0.717, 1.165) is 13.2 Å². The predicted octanol–water partition coefficient (Wildman–Crippen LogP) is 4.02. The quantitative estimate of drug-likeness (QED) is 0.789. The normalized spacial score (nSPS) is 14.1. The van der Waals surface area contributed by atoms with Gasteiger partial charge in [-0.25, -0.2) is 4.79 Å². The molecule has 0 saturated carbocycles. The fourth-order valence-electron chi connectivity index (χ4n) is 1.01. The van der Waals surface area contributed by atoms with Crippen molar-refractivity contribution in [3.63, 3.8) is 0 Å². The Morgan fingerprint density at radius 1 is 1.11 bits per heavy atom. The van der Waals surface area contributed by atoms with E-state index >= 15 is 0 Å². The van der Waals surface area contributed by atoms with Crippen molar-refractivity contribution >= 4 is 5.97 Å². The van der Waals surface area contributed by atoms with Crippen molar-refractivity contribution in [3.05, 3.63) is 0 Å². The summed E-state index contributed by atoms with van der Waals surface area (Å²) in [5, 5.41) is 7.12. The number of hydrogen-bond donors (Lipinski definition) is 1. The molecule has 0 atom stereocenters. The fraction of sp³-hybridized carbons (Fsp3) is 0.917. The van der Waals surface area contributed by atoms with Crippen molar-refractivity contribution in [1.82, 2.24) is 0 Å². The average Bonchev–Trinajstić information content (AvgIpc) is 2.84. The molecule has 0 bridgehead atoms. The summed E-state index contributed by atoms with van der Waals surface area (Å²) in [5.74, 6) is -2.76. The summed E-state index contributed by atoms with van der Waals surface area (Å²) in [6, 6.07) is 0. The van der Waals surface area contributed by atoms with Crippen LogP contribution in [-0.2, 0) is 9.53 Å². The maximum atomic E-state index is 10.6. The van der Waals surface area contributed by atoms with E-state index in [0.29, 0.717) is 0 Å². The van der Waals surface area contributed by atoms with Gasteiger partial charge in [-0.3, -0.25) is 0 Å². The molecule has 0 aromatic heterocycles. The lowest BCUT2D eigenvalue weighted by atomic mass is 10.2. The highest BCUT2D eigenvalue weighted by Gasteiger charge is 2.38. The van der Waals surface area contributed by atoms with E-state index in [9.17, 15) is 13.2 Å². The van der Waals surface area contributed by atoms with Gasteiger partial charge < -0.3 is 9.84 Å². The van der Waals surface area contributed by atoms with E-state index in [1.165, 1.54) is 38.5 Å². The maximum absolute atomic E-state index is 10.6. The summed E-state index contributed by atoms with van der Waals surface area (Å²) >= 11 is 0. The van der Waals surface area contributed by atoms with Gasteiger partial charge in [-0.15, -0.1) is 0 Å². The van der Waals surface area contributed by atoms with Crippen LogP contribution in [0.15, 0.2) is 0 Å². The minimum absolute atomic E-state index is 1.00. The third-order valence-corrected chi connectivity index (χ3v) is 2.03. The molecule has 18 heavy (non-hydrogen) atoms. The zero-order valence-corrected chi connectivity index (χ0v) is 11.1. The van der Waals surface area contributed by atoms with E-state index in [-0.39, 0.29) is 0 Å². The largest absolute Gasteiger partial charge is 0.490 e. The summed E-state index contributed by atoms with van der Waals surface area (Å²) in [6.45, 7) is 6.46. The molecule has 1 fully saturated rings. The van der Waals surface area contributed by atoms with Gasteiger partial charge in [-0.1, -0.05) is 39.5 Å². The Morgan fingerprint density at radius 2 is 1.44 bits per heavy atom. The highest BCUT2D eigenvalue weighted by molar-refractivity contribution is 5.73. The van der Waals surface area contributed by atoms with Gasteiger partial charge in [0.05, 0.1) is 0 Å². The van der Waals surface area contributed by atoms with E-state index in [2.05, 4.69) is 13.8 Å². The van der Waals surface area contributed by atoms with Crippen LogP contribution in [-0.4, -0.2) is 30.5 Å². The van der Waals surface area contributed by atoms with Crippen LogP contribution in [0.2, 0.25) is 0 Å². The third kappa shape index (κ3) is 17.6. The summed E-state index contributed by atoms with van der Waals surface area (Å²) in [4.78, 5) is 8.90. The number of rotatable bonds is 3. The lowest BCUT2D eigenvalue weighted by Gasteiger charge is -1.93. The van der Waals surface area contributed by atoms with E-state index in [1.807, 2.05) is 0 Å². The Balaban J connectivity index is 0. The van der Waals surface area contributed by atoms with Gasteiger partial charge in [0.15, 0.2) is 0 Å². The van der Waals surface area contributed by atoms with Crippen LogP contribution in [0.5, 0.6) is 0 Å². The van der Waals surface area contributed by atoms with Crippen molar-refractivity contribution < 1.29 is 27.8 Å². The van der Waals surface area contributed by atoms with Crippen molar-refractivity contribution in [3.8, 4) is 0 Å². The molecule has 0 amide bonds. The molecule has 1 rings (SSSR count). The smallest absolute Gasteiger partial charge is 0.475 e. The summed E-state index contributed by atoms with van der Waals surface area (Å²) in [7, 11) is 0. The molecule has 3 nitrogen and oxygen atoms in total. The minimum Gasteiger partial charge on any atom is -0.475 e. The molecule has 0 aliphatic carbocycles. The summed E-state index contributed by atoms with van der Waals surface area (Å²) < 4.78 is 36.7. The number of unbranched alkanes of at least 4 members (excludes halogenated alkanes) is 3. The molecule has 0 aromatic rings. The lowest BCUT2D eigenvalue weighted by molar-refractivity contribution is -0.192. The van der Waals surface area contributed by atoms with E-state index in [1.54, 1.807) is 0 Å². The molecule has 0 aromatic carbocycles. The zero-order valence-electron chi connectivity index (χ0n) is 11.1. The van der Waals surface area contributed by atoms with Crippen LogP contribution in [0.3, 0.4) is 0 Å². The first kappa shape index (κ1) is 19.6. The van der Waals surface area contributed by atoms with Crippen LogP contribution < -0.4 is 0 Å². The number of alkyl halides is 3. The van der Waals surface area contributed by atoms with E-state index in [4.69, 9.17) is 14.6 Å². The van der Waals surface area contributed by atoms with Crippen molar-refractivity contribution in [2.75, 3.05) is 13.2 Å². The first-order chi connectivity index (χ1) is 8.36. The second kappa shape index (κ2) is 12.7. The SMILES string of the molecule is C1CCOC1.CCCCCC.O=C(O)C(F)(F)F. The molecule has 0 radical (unpaired) electrons. The monoisotopic (exact) mass is 272 g/mol. The first-order valence-electron chi connectivity index (χ1n) is 6.24. The van der Waals surface area contributed by atoms with Crippen LogP contribution >= 0.6 is 0 Å². The molecule has 1 N–H and O–H groups in total. The Hall–Kier alpha value is -0.780. The number of hydrogen-bond acceptors (Lipinski definition) is 2. The van der Waals surface area contributed by atoms with Gasteiger partial charge >= 0.3 is 12.1 Å². The number of aliphatic carboxylic acids is 1. The summed E-state index contributed by atoms with van der Waals surface area (Å²) in [6.07, 6.45) is 3.01. The number of carboxylic acids is 1. The highest BCUT2D eigenvalue weighted by atomic mass is 19.4. The lowest BCUT2D eigenvalue weighted by Crippen LogP contribution is -2.21. The molecule has 1 aliphatic rings. The molecular weight excluding hydrogens is 249 g/mol. The van der Waals surface area contributed by atoms with Crippen molar-refractivity contribution in [1.29, 1.82) is 0 Å². The Labute approximate surface area is 106 Å². The molecule has 1 saturated heterocycles. The Kier molecular flexibility index (Phi) is 13.8. The van der Waals surface area contributed by atoms with Crippen LogP contribution in [0.25, 0.3) is 0 Å². The van der Waals surface area contributed by atoms with E-state index < -0.39 is 12.1 Å². The third-order valence-electron chi connectivity index (χ3n) is 2.03. The van der Waals surface area contributed by atoms with Gasteiger partial charge in [0.25, 0.3) is 0 Å². The van der Waals surface area contributed by atoms with Gasteiger partial charge in [-0.2, -0.15) is 13.2 Å². The van der Waals surface area contributed by atoms with Crippen molar-refractivity contribution in [2.45, 2.75) is 58.5 Å². The minimum atomic E-state index is -5.08. The van der Waals surface area contributed by atoms with Gasteiger partial charge in [0.2, 0.25) is 0 Å². The molecule has 110 valence electrons. The van der Waals surface area contributed by atoms with Gasteiger partial charge in [0, 0.05) is 13.2 Å². The topological polar surface area (TPSA) is 46.5 Å².